The van der Waals surface area contributed by atoms with Crippen molar-refractivity contribution in [3.63, 3.8) is 0 Å². The first-order valence-corrected chi connectivity index (χ1v) is 5.93. The summed E-state index contributed by atoms with van der Waals surface area (Å²) < 4.78 is 10.5. The van der Waals surface area contributed by atoms with Crippen LogP contribution in [0.5, 0.6) is 0 Å². The Hall–Kier alpha value is -1.55. The van der Waals surface area contributed by atoms with Crippen molar-refractivity contribution in [2.45, 2.75) is 32.1 Å². The van der Waals surface area contributed by atoms with Gasteiger partial charge >= 0.3 is 6.09 Å². The van der Waals surface area contributed by atoms with E-state index in [1.165, 1.54) is 0 Å². The molecule has 4 nitrogen and oxygen atoms in total. The van der Waals surface area contributed by atoms with E-state index in [0.29, 0.717) is 13.2 Å². The molecule has 1 aliphatic heterocycles. The van der Waals surface area contributed by atoms with E-state index in [9.17, 15) is 4.79 Å². The molecule has 0 aromatic heterocycles. The minimum absolute atomic E-state index is 0.188. The van der Waals surface area contributed by atoms with Crippen LogP contribution in [0.2, 0.25) is 0 Å². The van der Waals surface area contributed by atoms with Gasteiger partial charge in [-0.3, -0.25) is 5.32 Å². The zero-order valence-electron chi connectivity index (χ0n) is 9.72. The Morgan fingerprint density at radius 2 is 2.18 bits per heavy atom. The number of amides is 1. The fourth-order valence-corrected chi connectivity index (χ4v) is 1.75. The Bertz CT molecular complexity index is 347. The van der Waals surface area contributed by atoms with Gasteiger partial charge in [-0.1, -0.05) is 30.3 Å². The molecule has 1 heterocycles. The molecule has 92 valence electrons. The number of rotatable bonds is 3. The third-order valence-corrected chi connectivity index (χ3v) is 2.67. The van der Waals surface area contributed by atoms with Gasteiger partial charge in [0.15, 0.2) is 0 Å². The predicted octanol–water partition coefficient (Wildman–Crippen LogP) is 2.44. The van der Waals surface area contributed by atoms with Crippen molar-refractivity contribution in [1.82, 2.24) is 5.32 Å². The van der Waals surface area contributed by atoms with Crippen LogP contribution < -0.4 is 5.32 Å². The Labute approximate surface area is 101 Å². The fraction of sp³-hybridized carbons (Fsp3) is 0.462. The molecule has 1 atom stereocenters. The quantitative estimate of drug-likeness (QED) is 0.875. The van der Waals surface area contributed by atoms with Crippen molar-refractivity contribution >= 4 is 6.09 Å². The summed E-state index contributed by atoms with van der Waals surface area (Å²) in [5, 5.41) is 2.71. The second kappa shape index (κ2) is 6.25. The number of benzene rings is 1. The second-order valence-corrected chi connectivity index (χ2v) is 4.06. The van der Waals surface area contributed by atoms with Gasteiger partial charge in [-0.15, -0.1) is 0 Å². The predicted molar refractivity (Wildman–Crippen MR) is 63.4 cm³/mol. The average Bonchev–Trinajstić information content (AvgIpc) is 2.39. The maximum absolute atomic E-state index is 11.5. The molecule has 0 saturated carbocycles. The zero-order chi connectivity index (χ0) is 11.9. The fourth-order valence-electron chi connectivity index (χ4n) is 1.75. The molecule has 2 rings (SSSR count). The lowest BCUT2D eigenvalue weighted by molar-refractivity contribution is -0.00613. The highest BCUT2D eigenvalue weighted by atomic mass is 16.6. The molecule has 1 saturated heterocycles. The maximum Gasteiger partial charge on any atom is 0.409 e. The van der Waals surface area contributed by atoms with Crippen molar-refractivity contribution in [3.05, 3.63) is 35.9 Å². The van der Waals surface area contributed by atoms with E-state index < -0.39 is 6.09 Å². The Kier molecular flexibility index (Phi) is 4.38. The first kappa shape index (κ1) is 11.9. The van der Waals surface area contributed by atoms with Crippen LogP contribution in [0.1, 0.15) is 24.8 Å². The van der Waals surface area contributed by atoms with Crippen LogP contribution in [0.3, 0.4) is 0 Å². The molecule has 1 aliphatic rings. The zero-order valence-corrected chi connectivity index (χ0v) is 9.72. The van der Waals surface area contributed by atoms with Gasteiger partial charge in [0.1, 0.15) is 12.8 Å². The smallest absolute Gasteiger partial charge is 0.409 e. The number of alkyl carbamates (subject to hydrolysis) is 1. The minimum atomic E-state index is -0.416. The van der Waals surface area contributed by atoms with Gasteiger partial charge in [-0.05, 0) is 24.8 Å². The van der Waals surface area contributed by atoms with Crippen molar-refractivity contribution < 1.29 is 14.3 Å². The number of nitrogens with one attached hydrogen (secondary N) is 1. The van der Waals surface area contributed by atoms with E-state index in [0.717, 1.165) is 24.8 Å². The highest BCUT2D eigenvalue weighted by Gasteiger charge is 2.16. The monoisotopic (exact) mass is 235 g/mol. The summed E-state index contributed by atoms with van der Waals surface area (Å²) >= 11 is 0. The normalized spacial score (nSPS) is 19.6. The molecule has 1 aromatic carbocycles. The maximum atomic E-state index is 11.5. The van der Waals surface area contributed by atoms with E-state index in [1.54, 1.807) is 0 Å². The highest BCUT2D eigenvalue weighted by Crippen LogP contribution is 2.10. The lowest BCUT2D eigenvalue weighted by Crippen LogP contribution is -2.39. The third kappa shape index (κ3) is 4.07. The number of carbonyl (C=O) groups excluding carboxylic acids is 1. The van der Waals surface area contributed by atoms with Crippen LogP contribution in [-0.2, 0) is 16.1 Å². The van der Waals surface area contributed by atoms with Gasteiger partial charge in [-0.2, -0.15) is 0 Å². The summed E-state index contributed by atoms with van der Waals surface area (Å²) in [6.45, 7) is 1.00. The molecule has 0 spiro atoms. The van der Waals surface area contributed by atoms with E-state index in [-0.39, 0.29) is 6.23 Å². The summed E-state index contributed by atoms with van der Waals surface area (Å²) in [7, 11) is 0. The van der Waals surface area contributed by atoms with Crippen molar-refractivity contribution in [2.75, 3.05) is 6.61 Å². The number of carbonyl (C=O) groups is 1. The van der Waals surface area contributed by atoms with Crippen molar-refractivity contribution in [2.24, 2.45) is 0 Å². The van der Waals surface area contributed by atoms with Crippen LogP contribution in [-0.4, -0.2) is 18.9 Å². The Morgan fingerprint density at radius 1 is 1.35 bits per heavy atom. The van der Waals surface area contributed by atoms with E-state index >= 15 is 0 Å². The third-order valence-electron chi connectivity index (χ3n) is 2.67. The van der Waals surface area contributed by atoms with Gasteiger partial charge in [0.25, 0.3) is 0 Å². The van der Waals surface area contributed by atoms with Crippen LogP contribution in [0.4, 0.5) is 4.79 Å². The standard InChI is InChI=1S/C13H17NO3/c15-13(14-12-8-4-5-9-16-12)17-10-11-6-2-1-3-7-11/h1-3,6-7,12H,4-5,8-10H2,(H,14,15). The molecule has 17 heavy (non-hydrogen) atoms. The van der Waals surface area contributed by atoms with Crippen LogP contribution in [0.15, 0.2) is 30.3 Å². The first-order valence-electron chi connectivity index (χ1n) is 5.93. The first-order chi connectivity index (χ1) is 8.34. The number of hydrogen-bond donors (Lipinski definition) is 1. The summed E-state index contributed by atoms with van der Waals surface area (Å²) in [5.41, 5.74) is 0.979. The summed E-state index contributed by atoms with van der Waals surface area (Å²) in [6, 6.07) is 9.61. The van der Waals surface area contributed by atoms with Crippen molar-refractivity contribution in [3.8, 4) is 0 Å². The molecule has 1 fully saturated rings. The molecule has 1 unspecified atom stereocenters. The molecule has 0 radical (unpaired) electrons. The lowest BCUT2D eigenvalue weighted by atomic mass is 10.2. The number of ether oxygens (including phenoxy) is 2. The Balaban J connectivity index is 1.70. The van der Waals surface area contributed by atoms with Gasteiger partial charge in [-0.25, -0.2) is 4.79 Å². The molecular formula is C13H17NO3. The largest absolute Gasteiger partial charge is 0.445 e. The van der Waals surface area contributed by atoms with Crippen LogP contribution in [0.25, 0.3) is 0 Å². The summed E-state index contributed by atoms with van der Waals surface area (Å²) in [4.78, 5) is 11.5. The molecule has 1 amide bonds. The minimum Gasteiger partial charge on any atom is -0.445 e. The number of hydrogen-bond acceptors (Lipinski definition) is 3. The van der Waals surface area contributed by atoms with Crippen LogP contribution >= 0.6 is 0 Å². The second-order valence-electron chi connectivity index (χ2n) is 4.06. The average molecular weight is 235 g/mol. The molecule has 1 aromatic rings. The van der Waals surface area contributed by atoms with E-state index in [1.807, 2.05) is 30.3 Å². The van der Waals surface area contributed by atoms with E-state index in [4.69, 9.17) is 9.47 Å². The molecule has 0 aliphatic carbocycles. The summed E-state index contributed by atoms with van der Waals surface area (Å²) in [5.74, 6) is 0. The molecular weight excluding hydrogens is 218 g/mol. The SMILES string of the molecule is O=C(NC1CCCCO1)OCc1ccccc1. The molecule has 1 N–H and O–H groups in total. The lowest BCUT2D eigenvalue weighted by Gasteiger charge is -2.23. The van der Waals surface area contributed by atoms with Crippen molar-refractivity contribution in [1.29, 1.82) is 0 Å². The van der Waals surface area contributed by atoms with Gasteiger partial charge in [0.05, 0.1) is 0 Å². The molecule has 0 bridgehead atoms. The highest BCUT2D eigenvalue weighted by molar-refractivity contribution is 5.67. The van der Waals surface area contributed by atoms with Gasteiger partial charge in [0, 0.05) is 6.61 Å². The summed E-state index contributed by atoms with van der Waals surface area (Å²) in [6.07, 6.45) is 2.41. The van der Waals surface area contributed by atoms with Crippen LogP contribution in [0, 0.1) is 0 Å². The molecule has 4 heteroatoms. The Morgan fingerprint density at radius 3 is 2.88 bits per heavy atom. The van der Waals surface area contributed by atoms with Gasteiger partial charge in [0.2, 0.25) is 0 Å². The van der Waals surface area contributed by atoms with Gasteiger partial charge < -0.3 is 9.47 Å². The van der Waals surface area contributed by atoms with E-state index in [2.05, 4.69) is 5.32 Å². The topological polar surface area (TPSA) is 47.6 Å².